The number of hydrogen-bond donors (Lipinski definition) is 1. The van der Waals surface area contributed by atoms with E-state index < -0.39 is 0 Å². The summed E-state index contributed by atoms with van der Waals surface area (Å²) in [5, 5.41) is 3.52. The molecule has 0 aliphatic heterocycles. The van der Waals surface area contributed by atoms with E-state index in [4.69, 9.17) is 29.6 Å². The first-order valence-corrected chi connectivity index (χ1v) is 6.19. The van der Waals surface area contributed by atoms with Crippen LogP contribution in [-0.4, -0.2) is 5.91 Å². The lowest BCUT2D eigenvalue weighted by Gasteiger charge is -2.07. The van der Waals surface area contributed by atoms with Gasteiger partial charge in [-0.05, 0) is 36.4 Å². The summed E-state index contributed by atoms with van der Waals surface area (Å²) >= 11 is 11.8. The molecule has 2 nitrogen and oxygen atoms in total. The lowest BCUT2D eigenvalue weighted by molar-refractivity contribution is 0.102. The van der Waals surface area contributed by atoms with E-state index in [1.54, 1.807) is 36.4 Å². The summed E-state index contributed by atoms with van der Waals surface area (Å²) < 4.78 is 0. The van der Waals surface area contributed by atoms with E-state index in [1.807, 2.05) is 0 Å². The lowest BCUT2D eigenvalue weighted by atomic mass is 10.2. The van der Waals surface area contributed by atoms with Crippen molar-refractivity contribution in [3.63, 3.8) is 0 Å². The zero-order valence-electron chi connectivity index (χ0n) is 9.78. The maximum absolute atomic E-state index is 12.1. The van der Waals surface area contributed by atoms with E-state index in [0.717, 1.165) is 0 Å². The largest absolute Gasteiger partial charge is 0.322 e. The van der Waals surface area contributed by atoms with Crippen LogP contribution in [0, 0.1) is 12.3 Å². The predicted octanol–water partition coefficient (Wildman–Crippen LogP) is 4.23. The molecular weight excluding hydrogens is 281 g/mol. The van der Waals surface area contributed by atoms with Crippen molar-refractivity contribution >= 4 is 34.8 Å². The number of terminal acetylenes is 1. The summed E-state index contributed by atoms with van der Waals surface area (Å²) in [6.07, 6.45) is 5.30. The monoisotopic (exact) mass is 289 g/mol. The molecule has 2 rings (SSSR count). The van der Waals surface area contributed by atoms with Crippen molar-refractivity contribution in [2.45, 2.75) is 0 Å². The summed E-state index contributed by atoms with van der Waals surface area (Å²) in [5.74, 6) is 2.19. The van der Waals surface area contributed by atoms with Crippen LogP contribution in [0.25, 0.3) is 0 Å². The Labute approximate surface area is 121 Å². The first-order valence-electron chi connectivity index (χ1n) is 5.43. The topological polar surface area (TPSA) is 29.1 Å². The fourth-order valence-corrected chi connectivity index (χ4v) is 2.05. The molecule has 0 aliphatic rings. The molecule has 0 atom stereocenters. The molecule has 2 aromatic rings. The highest BCUT2D eigenvalue weighted by Gasteiger charge is 2.10. The maximum atomic E-state index is 12.1. The highest BCUT2D eigenvalue weighted by molar-refractivity contribution is 6.37. The van der Waals surface area contributed by atoms with Crippen LogP contribution >= 0.6 is 23.2 Å². The fourth-order valence-electron chi connectivity index (χ4n) is 1.56. The summed E-state index contributed by atoms with van der Waals surface area (Å²) in [7, 11) is 0. The van der Waals surface area contributed by atoms with E-state index >= 15 is 0 Å². The fraction of sp³-hybridized carbons (Fsp3) is 0. The predicted molar refractivity (Wildman–Crippen MR) is 78.8 cm³/mol. The van der Waals surface area contributed by atoms with Crippen molar-refractivity contribution < 1.29 is 4.79 Å². The number of halogens is 2. The standard InChI is InChI=1S/C15H9Cl2NO/c1-2-10-4-3-5-12(8-10)18-15(19)13-7-6-11(16)9-14(13)17/h1,3-9H,(H,18,19). The molecule has 0 fully saturated rings. The summed E-state index contributed by atoms with van der Waals surface area (Å²) in [6.45, 7) is 0. The Hall–Kier alpha value is -1.95. The van der Waals surface area contributed by atoms with Gasteiger partial charge in [0, 0.05) is 16.3 Å². The quantitative estimate of drug-likeness (QED) is 0.824. The van der Waals surface area contributed by atoms with Crippen LogP contribution in [0.2, 0.25) is 10.0 Å². The zero-order chi connectivity index (χ0) is 13.8. The maximum Gasteiger partial charge on any atom is 0.257 e. The Bertz CT molecular complexity index is 674. The highest BCUT2D eigenvalue weighted by atomic mass is 35.5. The van der Waals surface area contributed by atoms with Gasteiger partial charge in [-0.1, -0.05) is 35.2 Å². The molecule has 1 N–H and O–H groups in total. The van der Waals surface area contributed by atoms with E-state index in [9.17, 15) is 4.79 Å². The summed E-state index contributed by atoms with van der Waals surface area (Å²) in [5.41, 5.74) is 1.67. The van der Waals surface area contributed by atoms with Crippen molar-refractivity contribution in [3.05, 3.63) is 63.6 Å². The van der Waals surface area contributed by atoms with Gasteiger partial charge >= 0.3 is 0 Å². The van der Waals surface area contributed by atoms with Crippen LogP contribution in [-0.2, 0) is 0 Å². The number of benzene rings is 2. The van der Waals surface area contributed by atoms with Crippen LogP contribution in [0.1, 0.15) is 15.9 Å². The van der Waals surface area contributed by atoms with Crippen LogP contribution in [0.15, 0.2) is 42.5 Å². The van der Waals surface area contributed by atoms with E-state index in [0.29, 0.717) is 26.9 Å². The van der Waals surface area contributed by atoms with Crippen molar-refractivity contribution in [3.8, 4) is 12.3 Å². The van der Waals surface area contributed by atoms with Gasteiger partial charge in [-0.25, -0.2) is 0 Å². The first kappa shape index (κ1) is 13.5. The Morgan fingerprint density at radius 2 is 1.95 bits per heavy atom. The minimum absolute atomic E-state index is 0.304. The molecule has 0 bridgehead atoms. The molecule has 2 aromatic carbocycles. The molecule has 0 saturated heterocycles. The Morgan fingerprint density at radius 3 is 2.63 bits per heavy atom. The van der Waals surface area contributed by atoms with Gasteiger partial charge in [0.2, 0.25) is 0 Å². The molecule has 0 unspecified atom stereocenters. The Balaban J connectivity index is 2.23. The van der Waals surface area contributed by atoms with Gasteiger partial charge in [0.05, 0.1) is 10.6 Å². The molecule has 0 aromatic heterocycles. The third kappa shape index (κ3) is 3.29. The lowest BCUT2D eigenvalue weighted by Crippen LogP contribution is -2.12. The number of carbonyl (C=O) groups excluding carboxylic acids is 1. The Kier molecular flexibility index (Phi) is 4.11. The first-order chi connectivity index (χ1) is 9.10. The number of anilines is 1. The SMILES string of the molecule is C#Cc1cccc(NC(=O)c2ccc(Cl)cc2Cl)c1. The molecule has 0 aliphatic carbocycles. The number of nitrogens with one attached hydrogen (secondary N) is 1. The third-order valence-electron chi connectivity index (χ3n) is 2.46. The van der Waals surface area contributed by atoms with Crippen molar-refractivity contribution in [2.24, 2.45) is 0 Å². The van der Waals surface area contributed by atoms with Crippen molar-refractivity contribution in [1.29, 1.82) is 0 Å². The molecule has 19 heavy (non-hydrogen) atoms. The molecule has 4 heteroatoms. The second kappa shape index (κ2) is 5.79. The van der Waals surface area contributed by atoms with Crippen molar-refractivity contribution in [2.75, 3.05) is 5.32 Å². The minimum atomic E-state index is -0.309. The second-order valence-electron chi connectivity index (χ2n) is 3.80. The number of carbonyl (C=O) groups is 1. The van der Waals surface area contributed by atoms with Gasteiger partial charge in [-0.15, -0.1) is 6.42 Å². The second-order valence-corrected chi connectivity index (χ2v) is 4.65. The van der Waals surface area contributed by atoms with E-state index in [1.165, 1.54) is 6.07 Å². The van der Waals surface area contributed by atoms with Gasteiger partial charge in [-0.3, -0.25) is 4.79 Å². The van der Waals surface area contributed by atoms with Gasteiger partial charge in [-0.2, -0.15) is 0 Å². The van der Waals surface area contributed by atoms with Crippen molar-refractivity contribution in [1.82, 2.24) is 0 Å². The smallest absolute Gasteiger partial charge is 0.257 e. The van der Waals surface area contributed by atoms with Crippen LogP contribution in [0.5, 0.6) is 0 Å². The molecule has 0 spiro atoms. The third-order valence-corrected chi connectivity index (χ3v) is 3.01. The molecule has 0 saturated carbocycles. The van der Waals surface area contributed by atoms with Gasteiger partial charge in [0.1, 0.15) is 0 Å². The summed E-state index contributed by atoms with van der Waals surface area (Å²) in [6, 6.07) is 11.7. The minimum Gasteiger partial charge on any atom is -0.322 e. The van der Waals surface area contributed by atoms with Crippen LogP contribution < -0.4 is 5.32 Å². The van der Waals surface area contributed by atoms with Gasteiger partial charge in [0.25, 0.3) is 5.91 Å². The van der Waals surface area contributed by atoms with Gasteiger partial charge in [0.15, 0.2) is 0 Å². The molecule has 94 valence electrons. The van der Waals surface area contributed by atoms with Gasteiger partial charge < -0.3 is 5.32 Å². The number of amides is 1. The average Bonchev–Trinajstić information content (AvgIpc) is 2.38. The van der Waals surface area contributed by atoms with E-state index in [-0.39, 0.29) is 5.91 Å². The van der Waals surface area contributed by atoms with Crippen LogP contribution in [0.4, 0.5) is 5.69 Å². The molecular formula is C15H9Cl2NO. The average molecular weight is 290 g/mol. The van der Waals surface area contributed by atoms with E-state index in [2.05, 4.69) is 11.2 Å². The van der Waals surface area contributed by atoms with Crippen LogP contribution in [0.3, 0.4) is 0 Å². The zero-order valence-corrected chi connectivity index (χ0v) is 11.3. The highest BCUT2D eigenvalue weighted by Crippen LogP contribution is 2.22. The number of rotatable bonds is 2. The molecule has 0 radical (unpaired) electrons. The summed E-state index contributed by atoms with van der Waals surface area (Å²) in [4.78, 5) is 12.1. The Morgan fingerprint density at radius 1 is 1.16 bits per heavy atom. The number of hydrogen-bond acceptors (Lipinski definition) is 1. The molecule has 0 heterocycles. The molecule has 1 amide bonds. The normalized spacial score (nSPS) is 9.74.